The van der Waals surface area contributed by atoms with Crippen molar-refractivity contribution < 1.29 is 9.18 Å². The van der Waals surface area contributed by atoms with Gasteiger partial charge in [0.1, 0.15) is 11.6 Å². The Morgan fingerprint density at radius 1 is 1.06 bits per heavy atom. The first-order valence-corrected chi connectivity index (χ1v) is 11.2. The van der Waals surface area contributed by atoms with Crippen LogP contribution >= 0.6 is 0 Å². The van der Waals surface area contributed by atoms with Crippen LogP contribution in [0.2, 0.25) is 0 Å². The average Bonchev–Trinajstić information content (AvgIpc) is 3.26. The lowest BCUT2D eigenvalue weighted by Gasteiger charge is -2.38. The summed E-state index contributed by atoms with van der Waals surface area (Å²) in [5.41, 5.74) is 4.20. The maximum absolute atomic E-state index is 13.8. The van der Waals surface area contributed by atoms with Crippen LogP contribution in [-0.4, -0.2) is 70.9 Å². The van der Waals surface area contributed by atoms with Gasteiger partial charge in [0.2, 0.25) is 0 Å². The van der Waals surface area contributed by atoms with E-state index in [4.69, 9.17) is 4.98 Å². The summed E-state index contributed by atoms with van der Waals surface area (Å²) in [6.07, 6.45) is 1.79. The standard InChI is InChI=1S/C25H27FN6O/c1-16(24-28-21-6-4-17(14-22(21)29-24)25(33)30(2)3)31-10-12-32(13-11-31)23-8-9-27-20-7-5-18(26)15-19(20)23/h4-9,14-16H,10-13H2,1-3H3,(H,28,29). The monoisotopic (exact) mass is 446 g/mol. The number of pyridine rings is 1. The van der Waals surface area contributed by atoms with Gasteiger partial charge in [0, 0.05) is 63.1 Å². The van der Waals surface area contributed by atoms with Crippen LogP contribution in [0.15, 0.2) is 48.7 Å². The molecule has 0 saturated carbocycles. The van der Waals surface area contributed by atoms with Gasteiger partial charge in [-0.3, -0.25) is 14.7 Å². The van der Waals surface area contributed by atoms with E-state index in [1.54, 1.807) is 37.3 Å². The Morgan fingerprint density at radius 3 is 2.58 bits per heavy atom. The van der Waals surface area contributed by atoms with Crippen molar-refractivity contribution in [3.05, 3.63) is 65.9 Å². The van der Waals surface area contributed by atoms with E-state index in [2.05, 4.69) is 26.7 Å². The van der Waals surface area contributed by atoms with Gasteiger partial charge in [0.05, 0.1) is 22.6 Å². The number of anilines is 1. The number of amides is 1. The molecule has 33 heavy (non-hydrogen) atoms. The van der Waals surface area contributed by atoms with Gasteiger partial charge in [-0.2, -0.15) is 0 Å². The molecule has 0 spiro atoms. The Balaban J connectivity index is 1.32. The highest BCUT2D eigenvalue weighted by Crippen LogP contribution is 2.29. The van der Waals surface area contributed by atoms with E-state index in [9.17, 15) is 9.18 Å². The molecule has 4 aromatic rings. The number of rotatable bonds is 4. The first kappa shape index (κ1) is 21.3. The molecule has 5 rings (SSSR count). The number of aromatic nitrogens is 3. The van der Waals surface area contributed by atoms with Crippen LogP contribution in [0.4, 0.5) is 10.1 Å². The highest BCUT2D eigenvalue weighted by Gasteiger charge is 2.25. The molecular formula is C25H27FN6O. The molecule has 1 unspecified atom stereocenters. The van der Waals surface area contributed by atoms with Crippen molar-refractivity contribution in [3.63, 3.8) is 0 Å². The quantitative estimate of drug-likeness (QED) is 0.516. The van der Waals surface area contributed by atoms with Gasteiger partial charge >= 0.3 is 0 Å². The van der Waals surface area contributed by atoms with Gasteiger partial charge in [-0.1, -0.05) is 0 Å². The molecule has 0 aliphatic carbocycles. The van der Waals surface area contributed by atoms with Gasteiger partial charge in [-0.05, 0) is 49.4 Å². The van der Waals surface area contributed by atoms with Crippen LogP contribution < -0.4 is 4.90 Å². The summed E-state index contributed by atoms with van der Waals surface area (Å²) >= 11 is 0. The van der Waals surface area contributed by atoms with E-state index in [-0.39, 0.29) is 17.8 Å². The normalized spacial score (nSPS) is 15.8. The Bertz CT molecular complexity index is 1330. The van der Waals surface area contributed by atoms with Crippen molar-refractivity contribution in [1.82, 2.24) is 24.8 Å². The summed E-state index contributed by atoms with van der Waals surface area (Å²) in [5.74, 6) is 0.620. The molecule has 1 aliphatic heterocycles. The number of fused-ring (bicyclic) bond motifs is 2. The summed E-state index contributed by atoms with van der Waals surface area (Å²) in [7, 11) is 3.50. The third-order valence-corrected chi connectivity index (χ3v) is 6.43. The summed E-state index contributed by atoms with van der Waals surface area (Å²) in [6.45, 7) is 5.54. The topological polar surface area (TPSA) is 68.4 Å². The van der Waals surface area contributed by atoms with Crippen LogP contribution in [0.5, 0.6) is 0 Å². The molecule has 2 aromatic heterocycles. The smallest absolute Gasteiger partial charge is 0.253 e. The number of halogens is 1. The lowest BCUT2D eigenvalue weighted by molar-refractivity contribution is 0.0827. The molecule has 1 N–H and O–H groups in total. The van der Waals surface area contributed by atoms with Crippen molar-refractivity contribution in [2.45, 2.75) is 13.0 Å². The lowest BCUT2D eigenvalue weighted by atomic mass is 10.1. The van der Waals surface area contributed by atoms with Crippen molar-refractivity contribution in [1.29, 1.82) is 0 Å². The Labute approximate surface area is 191 Å². The largest absolute Gasteiger partial charge is 0.368 e. The third-order valence-electron chi connectivity index (χ3n) is 6.43. The predicted molar refractivity (Wildman–Crippen MR) is 128 cm³/mol. The number of hydrogen-bond acceptors (Lipinski definition) is 5. The SMILES string of the molecule is CC(c1nc2ccc(C(=O)N(C)C)cc2[nH]1)N1CCN(c2ccnc3ccc(F)cc23)CC1. The van der Waals surface area contributed by atoms with E-state index in [0.29, 0.717) is 5.56 Å². The molecule has 1 saturated heterocycles. The van der Waals surface area contributed by atoms with Crippen molar-refractivity contribution in [2.24, 2.45) is 0 Å². The second-order valence-corrected chi connectivity index (χ2v) is 8.74. The maximum atomic E-state index is 13.8. The van der Waals surface area contributed by atoms with Crippen LogP contribution in [0, 0.1) is 5.82 Å². The number of aromatic amines is 1. The number of carbonyl (C=O) groups is 1. The van der Waals surface area contributed by atoms with Crippen molar-refractivity contribution in [3.8, 4) is 0 Å². The van der Waals surface area contributed by atoms with Gasteiger partial charge in [0.15, 0.2) is 0 Å². The average molecular weight is 447 g/mol. The molecular weight excluding hydrogens is 419 g/mol. The van der Waals surface area contributed by atoms with Gasteiger partial charge in [-0.25, -0.2) is 9.37 Å². The Hall–Kier alpha value is -3.52. The Morgan fingerprint density at radius 2 is 1.82 bits per heavy atom. The molecule has 8 heteroatoms. The minimum absolute atomic E-state index is 0.0271. The first-order valence-electron chi connectivity index (χ1n) is 11.2. The number of hydrogen-bond donors (Lipinski definition) is 1. The van der Waals surface area contributed by atoms with Crippen LogP contribution in [-0.2, 0) is 0 Å². The van der Waals surface area contributed by atoms with E-state index < -0.39 is 0 Å². The summed E-state index contributed by atoms with van der Waals surface area (Å²) in [6, 6.07) is 12.4. The number of benzene rings is 2. The highest BCUT2D eigenvalue weighted by molar-refractivity contribution is 5.97. The summed E-state index contributed by atoms with van der Waals surface area (Å²) < 4.78 is 13.8. The third kappa shape index (κ3) is 4.02. The molecule has 170 valence electrons. The number of imidazole rings is 1. The fourth-order valence-electron chi connectivity index (χ4n) is 4.52. The maximum Gasteiger partial charge on any atom is 0.253 e. The molecule has 1 atom stereocenters. The zero-order chi connectivity index (χ0) is 23.1. The zero-order valence-electron chi connectivity index (χ0n) is 19.0. The predicted octanol–water partition coefficient (Wildman–Crippen LogP) is 3.84. The van der Waals surface area contributed by atoms with Gasteiger partial charge < -0.3 is 14.8 Å². The molecule has 7 nitrogen and oxygen atoms in total. The first-order chi connectivity index (χ1) is 15.9. The van der Waals surface area contributed by atoms with Crippen LogP contribution in [0.1, 0.15) is 29.1 Å². The van der Waals surface area contributed by atoms with Crippen molar-refractivity contribution in [2.75, 3.05) is 45.2 Å². The molecule has 0 bridgehead atoms. The van der Waals surface area contributed by atoms with E-state index >= 15 is 0 Å². The van der Waals surface area contributed by atoms with E-state index in [0.717, 1.165) is 59.6 Å². The number of H-pyrrole nitrogens is 1. The number of piperazine rings is 1. The number of nitrogens with one attached hydrogen (secondary N) is 1. The van der Waals surface area contributed by atoms with Crippen LogP contribution in [0.3, 0.4) is 0 Å². The molecule has 0 radical (unpaired) electrons. The molecule has 1 aliphatic rings. The van der Waals surface area contributed by atoms with Gasteiger partial charge in [-0.15, -0.1) is 0 Å². The minimum atomic E-state index is -0.246. The molecule has 1 fully saturated rings. The molecule has 3 heterocycles. The van der Waals surface area contributed by atoms with Crippen molar-refractivity contribution >= 4 is 33.5 Å². The molecule has 1 amide bonds. The van der Waals surface area contributed by atoms with E-state index in [1.165, 1.54) is 6.07 Å². The lowest BCUT2D eigenvalue weighted by Crippen LogP contribution is -2.47. The summed E-state index contributed by atoms with van der Waals surface area (Å²) in [4.78, 5) is 31.1. The Kier molecular flexibility index (Phi) is 5.46. The summed E-state index contributed by atoms with van der Waals surface area (Å²) in [5, 5.41) is 0.847. The van der Waals surface area contributed by atoms with Gasteiger partial charge in [0.25, 0.3) is 5.91 Å². The fraction of sp³-hybridized carbons (Fsp3) is 0.320. The minimum Gasteiger partial charge on any atom is -0.368 e. The van der Waals surface area contributed by atoms with E-state index in [1.807, 2.05) is 24.3 Å². The second-order valence-electron chi connectivity index (χ2n) is 8.74. The molecule has 2 aromatic carbocycles. The second kappa shape index (κ2) is 8.44. The highest BCUT2D eigenvalue weighted by atomic mass is 19.1. The number of nitrogens with zero attached hydrogens (tertiary/aromatic N) is 5. The van der Waals surface area contributed by atoms with Crippen LogP contribution in [0.25, 0.3) is 21.9 Å². The number of carbonyl (C=O) groups excluding carboxylic acids is 1. The zero-order valence-corrected chi connectivity index (χ0v) is 19.0. The fourth-order valence-corrected chi connectivity index (χ4v) is 4.52.